The van der Waals surface area contributed by atoms with E-state index in [1.54, 1.807) is 0 Å². The predicted octanol–water partition coefficient (Wildman–Crippen LogP) is 0.655. The van der Waals surface area contributed by atoms with E-state index in [0.717, 1.165) is 19.3 Å². The van der Waals surface area contributed by atoms with E-state index in [-0.39, 0.29) is 18.6 Å². The second kappa shape index (κ2) is 4.83. The summed E-state index contributed by atoms with van der Waals surface area (Å²) < 4.78 is 0. The third-order valence-electron chi connectivity index (χ3n) is 2.01. The van der Waals surface area contributed by atoms with E-state index in [1.807, 2.05) is 6.92 Å². The third-order valence-corrected chi connectivity index (χ3v) is 2.01. The summed E-state index contributed by atoms with van der Waals surface area (Å²) in [7, 11) is 0. The molecule has 1 rings (SSSR count). The van der Waals surface area contributed by atoms with Crippen LogP contribution < -0.4 is 5.32 Å². The molecule has 0 aromatic heterocycles. The first-order valence-electron chi connectivity index (χ1n) is 4.90. The summed E-state index contributed by atoms with van der Waals surface area (Å²) >= 11 is 0. The molecule has 1 aliphatic rings. The smallest absolute Gasteiger partial charge is 0.323 e. The Morgan fingerprint density at radius 1 is 1.50 bits per heavy atom. The average Bonchev–Trinajstić information content (AvgIpc) is 2.86. The first-order valence-corrected chi connectivity index (χ1v) is 4.90. The highest BCUT2D eigenvalue weighted by molar-refractivity contribution is 5.80. The van der Waals surface area contributed by atoms with Gasteiger partial charge in [-0.2, -0.15) is 0 Å². The van der Waals surface area contributed by atoms with Crippen LogP contribution in [0.25, 0.3) is 0 Å². The maximum atomic E-state index is 11.5. The molecule has 5 heteroatoms. The highest BCUT2D eigenvalue weighted by Crippen LogP contribution is 2.18. The summed E-state index contributed by atoms with van der Waals surface area (Å²) in [6.07, 6.45) is 2.79. The molecule has 0 heterocycles. The van der Waals surface area contributed by atoms with Crippen LogP contribution in [-0.4, -0.2) is 41.1 Å². The van der Waals surface area contributed by atoms with E-state index < -0.39 is 5.97 Å². The molecule has 0 saturated heterocycles. The lowest BCUT2D eigenvalue weighted by Crippen LogP contribution is -2.43. The van der Waals surface area contributed by atoms with Crippen molar-refractivity contribution in [3.05, 3.63) is 0 Å². The number of hydrogen-bond donors (Lipinski definition) is 2. The fraction of sp³-hybridized carbons (Fsp3) is 0.778. The van der Waals surface area contributed by atoms with Crippen LogP contribution in [0, 0.1) is 0 Å². The van der Waals surface area contributed by atoms with Crippen LogP contribution in [0.3, 0.4) is 0 Å². The lowest BCUT2D eigenvalue weighted by Gasteiger charge is -2.20. The van der Waals surface area contributed by atoms with Crippen molar-refractivity contribution in [3.8, 4) is 0 Å². The van der Waals surface area contributed by atoms with Gasteiger partial charge in [0.05, 0.1) is 0 Å². The molecule has 0 radical (unpaired) electrons. The van der Waals surface area contributed by atoms with Crippen molar-refractivity contribution in [2.75, 3.05) is 13.1 Å². The number of carboxylic acid groups (broad SMARTS) is 1. The maximum absolute atomic E-state index is 11.5. The summed E-state index contributed by atoms with van der Waals surface area (Å²) in [5, 5.41) is 11.4. The lowest BCUT2D eigenvalue weighted by atomic mass is 10.4. The Bertz CT molecular complexity index is 226. The van der Waals surface area contributed by atoms with Crippen molar-refractivity contribution in [1.29, 1.82) is 0 Å². The minimum atomic E-state index is -0.968. The number of hydrogen-bond acceptors (Lipinski definition) is 2. The summed E-state index contributed by atoms with van der Waals surface area (Å²) in [5.41, 5.74) is 0. The van der Waals surface area contributed by atoms with Gasteiger partial charge in [0.15, 0.2) is 0 Å². The van der Waals surface area contributed by atoms with Crippen molar-refractivity contribution in [3.63, 3.8) is 0 Å². The number of nitrogens with zero attached hydrogens (tertiary/aromatic N) is 1. The highest BCUT2D eigenvalue weighted by Gasteiger charge is 2.26. The summed E-state index contributed by atoms with van der Waals surface area (Å²) in [4.78, 5) is 23.3. The third kappa shape index (κ3) is 3.64. The Labute approximate surface area is 83.1 Å². The molecule has 0 aromatic rings. The fourth-order valence-electron chi connectivity index (χ4n) is 1.18. The number of nitrogens with one attached hydrogen (secondary N) is 1. The molecule has 2 N–H and O–H groups in total. The minimum absolute atomic E-state index is 0.216. The average molecular weight is 200 g/mol. The molecule has 5 nitrogen and oxygen atoms in total. The van der Waals surface area contributed by atoms with Gasteiger partial charge in [0, 0.05) is 12.6 Å². The second-order valence-electron chi connectivity index (χ2n) is 3.54. The van der Waals surface area contributed by atoms with Gasteiger partial charge in [0.25, 0.3) is 0 Å². The van der Waals surface area contributed by atoms with E-state index in [4.69, 9.17) is 5.11 Å². The number of aliphatic carboxylic acids is 1. The molecular formula is C9H16N2O3. The van der Waals surface area contributed by atoms with Gasteiger partial charge < -0.3 is 15.3 Å². The van der Waals surface area contributed by atoms with Gasteiger partial charge in [0.2, 0.25) is 0 Å². The first kappa shape index (κ1) is 10.8. The number of carbonyl (C=O) groups is 2. The number of amides is 2. The van der Waals surface area contributed by atoms with Crippen LogP contribution in [0.4, 0.5) is 4.79 Å². The Morgan fingerprint density at radius 3 is 2.57 bits per heavy atom. The normalized spacial score (nSPS) is 14.9. The van der Waals surface area contributed by atoms with Crippen LogP contribution in [0.15, 0.2) is 0 Å². The van der Waals surface area contributed by atoms with Gasteiger partial charge >= 0.3 is 12.0 Å². The predicted molar refractivity (Wildman–Crippen MR) is 51.1 cm³/mol. The SMILES string of the molecule is CCCN(CC(=O)O)C(=O)NC1CC1. The van der Waals surface area contributed by atoms with Gasteiger partial charge in [-0.15, -0.1) is 0 Å². The number of rotatable bonds is 5. The Hall–Kier alpha value is -1.26. The van der Waals surface area contributed by atoms with Crippen LogP contribution in [0.2, 0.25) is 0 Å². The standard InChI is InChI=1S/C9H16N2O3/c1-2-5-11(6-8(12)13)9(14)10-7-3-4-7/h7H,2-6H2,1H3,(H,10,14)(H,12,13). The Balaban J connectivity index is 2.37. The summed E-state index contributed by atoms with van der Waals surface area (Å²) in [6.45, 7) is 2.19. The number of carboxylic acids is 1. The zero-order valence-corrected chi connectivity index (χ0v) is 8.32. The molecule has 0 unspecified atom stereocenters. The monoisotopic (exact) mass is 200 g/mol. The quantitative estimate of drug-likeness (QED) is 0.684. The topological polar surface area (TPSA) is 69.6 Å². The van der Waals surface area contributed by atoms with Gasteiger partial charge in [-0.05, 0) is 19.3 Å². The molecule has 0 spiro atoms. The molecule has 80 valence electrons. The van der Waals surface area contributed by atoms with Crippen molar-refractivity contribution < 1.29 is 14.7 Å². The molecule has 0 aliphatic heterocycles. The first-order chi connectivity index (χ1) is 6.63. The molecule has 0 aromatic carbocycles. The lowest BCUT2D eigenvalue weighted by molar-refractivity contribution is -0.137. The van der Waals surface area contributed by atoms with Gasteiger partial charge in [0.1, 0.15) is 6.54 Å². The molecule has 1 fully saturated rings. The van der Waals surface area contributed by atoms with Crippen molar-refractivity contribution in [2.45, 2.75) is 32.2 Å². The van der Waals surface area contributed by atoms with E-state index in [0.29, 0.717) is 6.54 Å². The zero-order chi connectivity index (χ0) is 10.6. The van der Waals surface area contributed by atoms with Crippen LogP contribution in [-0.2, 0) is 4.79 Å². The highest BCUT2D eigenvalue weighted by atomic mass is 16.4. The Kier molecular flexibility index (Phi) is 3.73. The van der Waals surface area contributed by atoms with Crippen LogP contribution >= 0.6 is 0 Å². The van der Waals surface area contributed by atoms with E-state index in [1.165, 1.54) is 4.90 Å². The minimum Gasteiger partial charge on any atom is -0.480 e. The molecule has 0 atom stereocenters. The molecule has 2 amide bonds. The van der Waals surface area contributed by atoms with E-state index >= 15 is 0 Å². The van der Waals surface area contributed by atoms with E-state index in [9.17, 15) is 9.59 Å². The number of urea groups is 1. The molecule has 1 aliphatic carbocycles. The van der Waals surface area contributed by atoms with Crippen molar-refractivity contribution in [2.24, 2.45) is 0 Å². The Morgan fingerprint density at radius 2 is 2.14 bits per heavy atom. The van der Waals surface area contributed by atoms with Gasteiger partial charge in [-0.25, -0.2) is 4.79 Å². The van der Waals surface area contributed by atoms with Crippen LogP contribution in [0.5, 0.6) is 0 Å². The molecule has 0 bridgehead atoms. The van der Waals surface area contributed by atoms with Gasteiger partial charge in [-0.3, -0.25) is 4.79 Å². The van der Waals surface area contributed by atoms with Gasteiger partial charge in [-0.1, -0.05) is 6.92 Å². The second-order valence-corrected chi connectivity index (χ2v) is 3.54. The fourth-order valence-corrected chi connectivity index (χ4v) is 1.18. The molecular weight excluding hydrogens is 184 g/mol. The molecule has 14 heavy (non-hydrogen) atoms. The van der Waals surface area contributed by atoms with Crippen molar-refractivity contribution in [1.82, 2.24) is 10.2 Å². The van der Waals surface area contributed by atoms with E-state index in [2.05, 4.69) is 5.32 Å². The largest absolute Gasteiger partial charge is 0.480 e. The van der Waals surface area contributed by atoms with Crippen LogP contribution in [0.1, 0.15) is 26.2 Å². The molecule has 1 saturated carbocycles. The maximum Gasteiger partial charge on any atom is 0.323 e. The van der Waals surface area contributed by atoms with Crippen molar-refractivity contribution >= 4 is 12.0 Å². The number of carbonyl (C=O) groups excluding carboxylic acids is 1. The summed E-state index contributed by atoms with van der Waals surface area (Å²) in [5.74, 6) is -0.968. The zero-order valence-electron chi connectivity index (χ0n) is 8.32. The summed E-state index contributed by atoms with van der Waals surface area (Å²) in [6, 6.07) is 0.0207.